The van der Waals surface area contributed by atoms with Crippen molar-refractivity contribution < 1.29 is 0 Å². The van der Waals surface area contributed by atoms with Crippen LogP contribution in [0.25, 0.3) is 0 Å². The molecule has 0 amide bonds. The normalized spacial score (nSPS) is 26.4. The van der Waals surface area contributed by atoms with Crippen LogP contribution in [0.3, 0.4) is 0 Å². The van der Waals surface area contributed by atoms with Crippen molar-refractivity contribution in [2.45, 2.75) is 70.4 Å². The van der Waals surface area contributed by atoms with E-state index >= 15 is 0 Å². The summed E-state index contributed by atoms with van der Waals surface area (Å²) >= 11 is 0. The predicted molar refractivity (Wildman–Crippen MR) is 71.5 cm³/mol. The third-order valence-electron chi connectivity index (χ3n) is 4.45. The third kappa shape index (κ3) is 2.30. The van der Waals surface area contributed by atoms with Crippen LogP contribution in [-0.2, 0) is 0 Å². The Morgan fingerprint density at radius 1 is 1.00 bits per heavy atom. The number of nitrogens with one attached hydrogen (secondary N) is 1. The van der Waals surface area contributed by atoms with Crippen LogP contribution in [0, 0.1) is 6.92 Å². The molecule has 0 aromatic carbocycles. The van der Waals surface area contributed by atoms with E-state index in [0.717, 1.165) is 12.4 Å². The molecule has 4 nitrogen and oxygen atoms in total. The first kappa shape index (κ1) is 12.2. The van der Waals surface area contributed by atoms with Gasteiger partial charge in [0.2, 0.25) is 0 Å². The minimum absolute atomic E-state index is 0.432. The van der Waals surface area contributed by atoms with E-state index in [1.54, 1.807) is 0 Å². The van der Waals surface area contributed by atoms with Crippen LogP contribution in [0.4, 0.5) is 0 Å². The van der Waals surface area contributed by atoms with Gasteiger partial charge in [0.25, 0.3) is 0 Å². The number of rotatable bonds is 2. The lowest BCUT2D eigenvalue weighted by molar-refractivity contribution is 0.316. The number of aromatic nitrogens is 3. The smallest absolute Gasteiger partial charge is 0.150 e. The lowest BCUT2D eigenvalue weighted by atomic mass is 9.94. The fourth-order valence-electron chi connectivity index (χ4n) is 3.49. The van der Waals surface area contributed by atoms with E-state index < -0.39 is 0 Å². The number of nitrogens with zero attached hydrogens (tertiary/aromatic N) is 3. The summed E-state index contributed by atoms with van der Waals surface area (Å²) in [7, 11) is 0. The van der Waals surface area contributed by atoms with Crippen LogP contribution in [-0.4, -0.2) is 21.3 Å². The summed E-state index contributed by atoms with van der Waals surface area (Å²) in [5, 5.41) is 12.4. The number of aryl methyl sites for hydroxylation is 1. The molecule has 2 fully saturated rings. The summed E-state index contributed by atoms with van der Waals surface area (Å²) < 4.78 is 2.43. The molecular formula is C14H24N4. The molecule has 0 bridgehead atoms. The van der Waals surface area contributed by atoms with Gasteiger partial charge in [-0.1, -0.05) is 25.7 Å². The molecule has 2 aliphatic rings. The lowest BCUT2D eigenvalue weighted by Gasteiger charge is -2.29. The van der Waals surface area contributed by atoms with E-state index in [2.05, 4.69) is 27.0 Å². The van der Waals surface area contributed by atoms with Crippen LogP contribution in [0.15, 0.2) is 0 Å². The van der Waals surface area contributed by atoms with Gasteiger partial charge in [-0.05, 0) is 39.2 Å². The van der Waals surface area contributed by atoms with Gasteiger partial charge in [0, 0.05) is 6.04 Å². The van der Waals surface area contributed by atoms with Crippen molar-refractivity contribution >= 4 is 0 Å². The first-order valence-electron chi connectivity index (χ1n) is 7.51. The van der Waals surface area contributed by atoms with Crippen molar-refractivity contribution in [1.82, 2.24) is 20.1 Å². The highest BCUT2D eigenvalue weighted by molar-refractivity contribution is 5.04. The number of hydrogen-bond acceptors (Lipinski definition) is 3. The Hall–Kier alpha value is -0.900. The van der Waals surface area contributed by atoms with Crippen LogP contribution in [0.5, 0.6) is 0 Å². The van der Waals surface area contributed by atoms with Crippen molar-refractivity contribution in [3.8, 4) is 0 Å². The van der Waals surface area contributed by atoms with Crippen molar-refractivity contribution in [2.75, 3.05) is 6.54 Å². The van der Waals surface area contributed by atoms with E-state index in [9.17, 15) is 0 Å². The average molecular weight is 248 g/mol. The molecule has 1 aliphatic heterocycles. The molecule has 1 saturated carbocycles. The summed E-state index contributed by atoms with van der Waals surface area (Å²) in [4.78, 5) is 0. The summed E-state index contributed by atoms with van der Waals surface area (Å²) in [5.41, 5.74) is 0. The van der Waals surface area contributed by atoms with Crippen LogP contribution < -0.4 is 5.32 Å². The Labute approximate surface area is 109 Å². The maximum atomic E-state index is 4.47. The lowest BCUT2D eigenvalue weighted by Crippen LogP contribution is -2.30. The van der Waals surface area contributed by atoms with Crippen molar-refractivity contribution in [1.29, 1.82) is 0 Å². The van der Waals surface area contributed by atoms with Crippen LogP contribution >= 0.6 is 0 Å². The van der Waals surface area contributed by atoms with Gasteiger partial charge in [-0.15, -0.1) is 10.2 Å². The molecule has 1 aromatic rings. The largest absolute Gasteiger partial charge is 0.311 e. The second kappa shape index (κ2) is 5.39. The predicted octanol–water partition coefficient (Wildman–Crippen LogP) is 2.91. The SMILES string of the molecule is Cc1nnc([C@@H]2CCCCN2)n1C1CCCCC1. The van der Waals surface area contributed by atoms with Gasteiger partial charge in [0.05, 0.1) is 6.04 Å². The Morgan fingerprint density at radius 2 is 1.78 bits per heavy atom. The minimum Gasteiger partial charge on any atom is -0.311 e. The van der Waals surface area contributed by atoms with Crippen molar-refractivity contribution in [2.24, 2.45) is 0 Å². The zero-order valence-electron chi connectivity index (χ0n) is 11.4. The molecule has 100 valence electrons. The molecular weight excluding hydrogens is 224 g/mol. The zero-order chi connectivity index (χ0) is 12.4. The van der Waals surface area contributed by atoms with E-state index in [-0.39, 0.29) is 0 Å². The van der Waals surface area contributed by atoms with Gasteiger partial charge in [0.1, 0.15) is 11.6 Å². The van der Waals surface area contributed by atoms with E-state index in [1.807, 2.05) is 0 Å². The first-order chi connectivity index (χ1) is 8.86. The molecule has 4 heteroatoms. The Morgan fingerprint density at radius 3 is 2.50 bits per heavy atom. The standard InChI is InChI=1S/C14H24N4/c1-11-16-17-14(13-9-5-6-10-15-13)18(11)12-7-3-2-4-8-12/h12-13,15H,2-10H2,1H3/t13-/m0/s1. The van der Waals surface area contributed by atoms with Gasteiger partial charge in [-0.2, -0.15) is 0 Å². The summed E-state index contributed by atoms with van der Waals surface area (Å²) in [6.07, 6.45) is 10.6. The van der Waals surface area contributed by atoms with Crippen LogP contribution in [0.1, 0.15) is 75.1 Å². The van der Waals surface area contributed by atoms with E-state index in [0.29, 0.717) is 12.1 Å². The summed E-state index contributed by atoms with van der Waals surface area (Å²) in [6, 6.07) is 1.08. The maximum Gasteiger partial charge on any atom is 0.150 e. The molecule has 1 saturated heterocycles. The highest BCUT2D eigenvalue weighted by atomic mass is 15.3. The van der Waals surface area contributed by atoms with Gasteiger partial charge < -0.3 is 9.88 Å². The Bertz CT molecular complexity index is 386. The molecule has 1 N–H and O–H groups in total. The van der Waals surface area contributed by atoms with Gasteiger partial charge in [-0.3, -0.25) is 0 Å². The zero-order valence-corrected chi connectivity index (χ0v) is 11.4. The molecule has 3 rings (SSSR count). The molecule has 2 heterocycles. The minimum atomic E-state index is 0.432. The topological polar surface area (TPSA) is 42.7 Å². The molecule has 0 unspecified atom stereocenters. The fourth-order valence-corrected chi connectivity index (χ4v) is 3.49. The monoisotopic (exact) mass is 248 g/mol. The Kier molecular flexibility index (Phi) is 3.64. The number of piperidine rings is 1. The van der Waals surface area contributed by atoms with E-state index in [4.69, 9.17) is 0 Å². The Balaban J connectivity index is 1.85. The van der Waals surface area contributed by atoms with Crippen molar-refractivity contribution in [3.63, 3.8) is 0 Å². The quantitative estimate of drug-likeness (QED) is 0.875. The molecule has 1 aliphatic carbocycles. The van der Waals surface area contributed by atoms with Crippen LogP contribution in [0.2, 0.25) is 0 Å². The summed E-state index contributed by atoms with van der Waals surface area (Å²) in [5.74, 6) is 2.29. The first-order valence-corrected chi connectivity index (χ1v) is 7.51. The van der Waals surface area contributed by atoms with Crippen molar-refractivity contribution in [3.05, 3.63) is 11.6 Å². The van der Waals surface area contributed by atoms with Gasteiger partial charge >= 0.3 is 0 Å². The highest BCUT2D eigenvalue weighted by Gasteiger charge is 2.26. The molecule has 1 aromatic heterocycles. The molecule has 1 atom stereocenters. The van der Waals surface area contributed by atoms with Gasteiger partial charge in [-0.25, -0.2) is 0 Å². The van der Waals surface area contributed by atoms with E-state index in [1.165, 1.54) is 57.2 Å². The second-order valence-corrected chi connectivity index (χ2v) is 5.77. The molecule has 18 heavy (non-hydrogen) atoms. The maximum absolute atomic E-state index is 4.47. The second-order valence-electron chi connectivity index (χ2n) is 5.77. The van der Waals surface area contributed by atoms with Gasteiger partial charge in [0.15, 0.2) is 0 Å². The third-order valence-corrected chi connectivity index (χ3v) is 4.45. The number of hydrogen-bond donors (Lipinski definition) is 1. The highest BCUT2D eigenvalue weighted by Crippen LogP contribution is 2.32. The molecule has 0 radical (unpaired) electrons. The average Bonchev–Trinajstić information content (AvgIpc) is 2.83. The molecule has 0 spiro atoms. The summed E-state index contributed by atoms with van der Waals surface area (Å²) in [6.45, 7) is 3.23. The fraction of sp³-hybridized carbons (Fsp3) is 0.857.